The molecule has 20 heavy (non-hydrogen) atoms. The van der Waals surface area contributed by atoms with E-state index in [2.05, 4.69) is 34.2 Å². The summed E-state index contributed by atoms with van der Waals surface area (Å²) in [4.78, 5) is 0.271. The summed E-state index contributed by atoms with van der Waals surface area (Å²) >= 11 is 2.12. The summed E-state index contributed by atoms with van der Waals surface area (Å²) in [6.45, 7) is 2.11. The highest BCUT2D eigenvalue weighted by molar-refractivity contribution is 14.1. The molecule has 1 aromatic rings. The first-order chi connectivity index (χ1) is 9.44. The van der Waals surface area contributed by atoms with Gasteiger partial charge in [-0.3, -0.25) is 0 Å². The van der Waals surface area contributed by atoms with Crippen molar-refractivity contribution in [2.24, 2.45) is 5.92 Å². The average molecular weight is 409 g/mol. The standard InChI is InChI=1S/C14H20INO3S/c1-10-5-3-4-6-13(10)16-20(17,18)11-7-8-12(15)14(9-11)19-2/h7-10,13,16H,3-6H2,1-2H3/t10-,13-/m1/s1. The molecule has 0 unspecified atom stereocenters. The van der Waals surface area contributed by atoms with Crippen LogP contribution < -0.4 is 9.46 Å². The normalized spacial score (nSPS) is 23.6. The fraction of sp³-hybridized carbons (Fsp3) is 0.571. The van der Waals surface area contributed by atoms with E-state index in [-0.39, 0.29) is 10.9 Å². The molecule has 2 atom stereocenters. The zero-order chi connectivity index (χ0) is 14.8. The van der Waals surface area contributed by atoms with Crippen molar-refractivity contribution in [2.75, 3.05) is 7.11 Å². The van der Waals surface area contributed by atoms with Crippen LogP contribution in [0.25, 0.3) is 0 Å². The molecular weight excluding hydrogens is 389 g/mol. The van der Waals surface area contributed by atoms with Crippen LogP contribution in [0, 0.1) is 9.49 Å². The van der Waals surface area contributed by atoms with Crippen molar-refractivity contribution in [3.8, 4) is 5.75 Å². The van der Waals surface area contributed by atoms with E-state index in [1.165, 1.54) is 6.42 Å². The molecule has 0 amide bonds. The van der Waals surface area contributed by atoms with Crippen LogP contribution in [0.2, 0.25) is 0 Å². The monoisotopic (exact) mass is 409 g/mol. The first-order valence-corrected chi connectivity index (χ1v) is 9.36. The minimum Gasteiger partial charge on any atom is -0.496 e. The van der Waals surface area contributed by atoms with Crippen molar-refractivity contribution in [1.82, 2.24) is 4.72 Å². The van der Waals surface area contributed by atoms with Crippen molar-refractivity contribution in [3.05, 3.63) is 21.8 Å². The average Bonchev–Trinajstić information content (AvgIpc) is 2.41. The number of benzene rings is 1. The SMILES string of the molecule is COc1cc(S(=O)(=O)N[C@@H]2CCCC[C@H]2C)ccc1I. The Bertz CT molecular complexity index is 574. The molecule has 112 valence electrons. The Morgan fingerprint density at radius 3 is 2.65 bits per heavy atom. The lowest BCUT2D eigenvalue weighted by atomic mass is 9.87. The van der Waals surface area contributed by atoms with Gasteiger partial charge in [-0.05, 0) is 53.5 Å². The first-order valence-electron chi connectivity index (χ1n) is 6.80. The summed E-state index contributed by atoms with van der Waals surface area (Å²) in [6.07, 6.45) is 4.29. The van der Waals surface area contributed by atoms with Gasteiger partial charge in [0.05, 0.1) is 15.6 Å². The van der Waals surface area contributed by atoms with Gasteiger partial charge in [0.1, 0.15) is 5.75 Å². The van der Waals surface area contributed by atoms with E-state index in [9.17, 15) is 8.42 Å². The summed E-state index contributed by atoms with van der Waals surface area (Å²) < 4.78 is 33.8. The Morgan fingerprint density at radius 2 is 2.00 bits per heavy atom. The molecule has 1 aliphatic rings. The lowest BCUT2D eigenvalue weighted by molar-refractivity contribution is 0.310. The Morgan fingerprint density at radius 1 is 1.30 bits per heavy atom. The highest BCUT2D eigenvalue weighted by Gasteiger charge is 2.27. The van der Waals surface area contributed by atoms with Crippen molar-refractivity contribution >= 4 is 32.6 Å². The third-order valence-corrected chi connectivity index (χ3v) is 6.23. The van der Waals surface area contributed by atoms with E-state index in [4.69, 9.17) is 4.74 Å². The number of hydrogen-bond donors (Lipinski definition) is 1. The Labute approximate surface area is 134 Å². The van der Waals surface area contributed by atoms with Crippen molar-refractivity contribution < 1.29 is 13.2 Å². The lowest BCUT2D eigenvalue weighted by Crippen LogP contribution is -2.40. The minimum absolute atomic E-state index is 0.0408. The third-order valence-electron chi connectivity index (χ3n) is 3.85. The molecule has 0 aromatic heterocycles. The van der Waals surface area contributed by atoms with Crippen LogP contribution in [0.4, 0.5) is 0 Å². The number of halogens is 1. The highest BCUT2D eigenvalue weighted by atomic mass is 127. The third kappa shape index (κ3) is 3.65. The maximum Gasteiger partial charge on any atom is 0.240 e. The molecule has 1 N–H and O–H groups in total. The number of nitrogens with one attached hydrogen (secondary N) is 1. The number of methoxy groups -OCH3 is 1. The van der Waals surface area contributed by atoms with E-state index in [0.29, 0.717) is 11.7 Å². The lowest BCUT2D eigenvalue weighted by Gasteiger charge is -2.29. The molecule has 6 heteroatoms. The van der Waals surface area contributed by atoms with Gasteiger partial charge in [0.15, 0.2) is 0 Å². The van der Waals surface area contributed by atoms with Gasteiger partial charge in [0.25, 0.3) is 0 Å². The molecule has 0 aliphatic heterocycles. The highest BCUT2D eigenvalue weighted by Crippen LogP contribution is 2.27. The van der Waals surface area contributed by atoms with E-state index in [1.54, 1.807) is 25.3 Å². The van der Waals surface area contributed by atoms with Crippen molar-refractivity contribution in [2.45, 2.75) is 43.5 Å². The molecule has 0 saturated heterocycles. The quantitative estimate of drug-likeness (QED) is 0.778. The summed E-state index contributed by atoms with van der Waals surface area (Å²) in [5, 5.41) is 0. The predicted octanol–water partition coefficient (Wildman–Crippen LogP) is 3.16. The topological polar surface area (TPSA) is 55.4 Å². The molecule has 1 aliphatic carbocycles. The summed E-state index contributed by atoms with van der Waals surface area (Å²) in [6, 6.07) is 5.01. The van der Waals surface area contributed by atoms with E-state index in [0.717, 1.165) is 22.8 Å². The second-order valence-corrected chi connectivity index (χ2v) is 8.16. The second-order valence-electron chi connectivity index (χ2n) is 5.29. The Kier molecular flexibility index (Phi) is 5.30. The van der Waals surface area contributed by atoms with Gasteiger partial charge < -0.3 is 4.74 Å². The van der Waals surface area contributed by atoms with Crippen LogP contribution >= 0.6 is 22.6 Å². The van der Waals surface area contributed by atoms with E-state index in [1.807, 2.05) is 0 Å². The van der Waals surface area contributed by atoms with Crippen LogP contribution in [0.3, 0.4) is 0 Å². The molecule has 0 spiro atoms. The molecule has 0 heterocycles. The van der Waals surface area contributed by atoms with Crippen LogP contribution in [0.5, 0.6) is 5.75 Å². The Balaban J connectivity index is 2.21. The van der Waals surface area contributed by atoms with Gasteiger partial charge in [-0.15, -0.1) is 0 Å². The van der Waals surface area contributed by atoms with Crippen LogP contribution in [0.15, 0.2) is 23.1 Å². The maximum absolute atomic E-state index is 12.5. The van der Waals surface area contributed by atoms with Gasteiger partial charge in [-0.2, -0.15) is 0 Å². The summed E-state index contributed by atoms with van der Waals surface area (Å²) in [5.74, 6) is 0.981. The molecule has 1 saturated carbocycles. The largest absolute Gasteiger partial charge is 0.496 e. The molecule has 0 bridgehead atoms. The van der Waals surface area contributed by atoms with Gasteiger partial charge in [0.2, 0.25) is 10.0 Å². The smallest absolute Gasteiger partial charge is 0.240 e. The minimum atomic E-state index is -3.48. The summed E-state index contributed by atoms with van der Waals surface area (Å²) in [7, 11) is -1.93. The van der Waals surface area contributed by atoms with Crippen molar-refractivity contribution in [1.29, 1.82) is 0 Å². The number of rotatable bonds is 4. The molecule has 0 radical (unpaired) electrons. The first kappa shape index (κ1) is 16.0. The molecule has 1 aromatic carbocycles. The number of hydrogen-bond acceptors (Lipinski definition) is 3. The second kappa shape index (κ2) is 6.62. The van der Waals surface area contributed by atoms with Crippen LogP contribution in [-0.2, 0) is 10.0 Å². The molecule has 2 rings (SSSR count). The predicted molar refractivity (Wildman–Crippen MR) is 87.5 cm³/mol. The van der Waals surface area contributed by atoms with E-state index < -0.39 is 10.0 Å². The number of ether oxygens (including phenoxy) is 1. The van der Waals surface area contributed by atoms with Gasteiger partial charge in [0, 0.05) is 12.1 Å². The molecule has 4 nitrogen and oxygen atoms in total. The zero-order valence-corrected chi connectivity index (χ0v) is 14.7. The number of sulfonamides is 1. The van der Waals surface area contributed by atoms with Crippen LogP contribution in [0.1, 0.15) is 32.6 Å². The Hall–Kier alpha value is -0.340. The van der Waals surface area contributed by atoms with Gasteiger partial charge in [-0.25, -0.2) is 13.1 Å². The zero-order valence-electron chi connectivity index (χ0n) is 11.7. The van der Waals surface area contributed by atoms with E-state index >= 15 is 0 Å². The molecule has 1 fully saturated rings. The fourth-order valence-corrected chi connectivity index (χ4v) is 4.52. The summed E-state index contributed by atoms with van der Waals surface area (Å²) in [5.41, 5.74) is 0. The molecular formula is C14H20INO3S. The van der Waals surface area contributed by atoms with Gasteiger partial charge >= 0.3 is 0 Å². The van der Waals surface area contributed by atoms with Crippen LogP contribution in [-0.4, -0.2) is 21.6 Å². The van der Waals surface area contributed by atoms with Gasteiger partial charge in [-0.1, -0.05) is 19.8 Å². The maximum atomic E-state index is 12.5. The fourth-order valence-electron chi connectivity index (χ4n) is 2.57. The van der Waals surface area contributed by atoms with Crippen molar-refractivity contribution in [3.63, 3.8) is 0 Å².